The van der Waals surface area contributed by atoms with Crippen LogP contribution in [0, 0.1) is 6.92 Å². The number of rotatable bonds is 3. The Hall–Kier alpha value is -3.52. The average molecular weight is 465 g/mol. The van der Waals surface area contributed by atoms with Crippen molar-refractivity contribution >= 4 is 29.2 Å². The number of aliphatic imine (C=N–C) groups is 1. The van der Waals surface area contributed by atoms with Crippen molar-refractivity contribution < 1.29 is 4.74 Å². The van der Waals surface area contributed by atoms with Gasteiger partial charge < -0.3 is 14.5 Å². The molecule has 0 unspecified atom stereocenters. The van der Waals surface area contributed by atoms with E-state index in [1.54, 1.807) is 11.7 Å². The number of guanidine groups is 1. The minimum absolute atomic E-state index is 0.142. The third-order valence-electron chi connectivity index (χ3n) is 5.98. The van der Waals surface area contributed by atoms with Crippen LogP contribution in [0.25, 0.3) is 0 Å². The van der Waals surface area contributed by atoms with Crippen LogP contribution in [0.1, 0.15) is 17.4 Å². The number of hydrogen-bond donors (Lipinski definition) is 1. The Morgan fingerprint density at radius 2 is 1.67 bits per heavy atom. The predicted octanol–water partition coefficient (Wildman–Crippen LogP) is 3.36. The zero-order chi connectivity index (χ0) is 22.9. The minimum atomic E-state index is -0.506. The predicted molar refractivity (Wildman–Crippen MR) is 131 cm³/mol. The lowest BCUT2D eigenvalue weighted by molar-refractivity contribution is 0.376. The summed E-state index contributed by atoms with van der Waals surface area (Å²) in [6.07, 6.45) is -0.506. The molecule has 1 saturated heterocycles. The van der Waals surface area contributed by atoms with Crippen molar-refractivity contribution in [1.82, 2.24) is 14.5 Å². The molecule has 8 nitrogen and oxygen atoms in total. The molecule has 2 aliphatic heterocycles. The van der Waals surface area contributed by atoms with E-state index < -0.39 is 6.17 Å². The van der Waals surface area contributed by atoms with Crippen LogP contribution >= 0.6 is 11.6 Å². The van der Waals surface area contributed by atoms with Crippen LogP contribution in [0.15, 0.2) is 64.4 Å². The molecule has 2 aliphatic rings. The smallest absolute Gasteiger partial charge is 0.257 e. The fraction of sp³-hybridized carbons (Fsp3) is 0.292. The maximum Gasteiger partial charge on any atom is 0.257 e. The summed E-state index contributed by atoms with van der Waals surface area (Å²) in [5, 5.41) is 3.94. The van der Waals surface area contributed by atoms with Crippen LogP contribution in [-0.2, 0) is 0 Å². The number of ether oxygens (including phenoxy) is 1. The molecule has 1 atom stereocenters. The largest absolute Gasteiger partial charge is 0.497 e. The lowest BCUT2D eigenvalue weighted by Crippen LogP contribution is -2.52. The van der Waals surface area contributed by atoms with Crippen LogP contribution in [-0.4, -0.2) is 53.7 Å². The molecule has 5 rings (SSSR count). The molecule has 9 heteroatoms. The first-order chi connectivity index (χ1) is 16.0. The molecule has 2 aromatic carbocycles. The number of fused-ring (bicyclic) bond motifs is 1. The van der Waals surface area contributed by atoms with Gasteiger partial charge in [-0.2, -0.15) is 0 Å². The highest BCUT2D eigenvalue weighted by molar-refractivity contribution is 6.30. The van der Waals surface area contributed by atoms with E-state index in [9.17, 15) is 4.79 Å². The molecule has 170 valence electrons. The SMILES string of the molecule is COc1ccc(N2CCN(C3=N[C@H](c4ccc(Cl)cc4)n4c(nc(C)cc4=O)N3)CC2)cc1. The van der Waals surface area contributed by atoms with Gasteiger partial charge in [0.15, 0.2) is 6.17 Å². The molecule has 1 aromatic heterocycles. The molecule has 0 bridgehead atoms. The van der Waals surface area contributed by atoms with Gasteiger partial charge in [-0.3, -0.25) is 14.7 Å². The van der Waals surface area contributed by atoms with Crippen LogP contribution < -0.4 is 20.5 Å². The van der Waals surface area contributed by atoms with E-state index >= 15 is 0 Å². The quantitative estimate of drug-likeness (QED) is 0.640. The van der Waals surface area contributed by atoms with Crippen molar-refractivity contribution in [2.75, 3.05) is 43.5 Å². The standard InChI is InChI=1S/C24H25ClN6O2/c1-16-15-21(32)31-22(17-3-5-18(25)6-4-17)27-23(28-24(31)26-16)30-13-11-29(12-14-30)19-7-9-20(33-2)10-8-19/h3-10,15,22H,11-14H2,1-2H3,(H,26,27,28)/t22-/m0/s1. The number of nitrogens with zero attached hydrogens (tertiary/aromatic N) is 5. The fourth-order valence-electron chi connectivity index (χ4n) is 4.22. The Morgan fingerprint density at radius 1 is 1.00 bits per heavy atom. The molecule has 1 N–H and O–H groups in total. The van der Waals surface area contributed by atoms with Crippen molar-refractivity contribution in [2.24, 2.45) is 4.99 Å². The Bertz CT molecular complexity index is 1230. The maximum absolute atomic E-state index is 12.8. The van der Waals surface area contributed by atoms with Gasteiger partial charge in [0, 0.05) is 48.6 Å². The normalized spacial score (nSPS) is 17.8. The van der Waals surface area contributed by atoms with Crippen molar-refractivity contribution in [1.29, 1.82) is 0 Å². The van der Waals surface area contributed by atoms with Gasteiger partial charge in [0.1, 0.15) is 5.75 Å². The number of anilines is 2. The van der Waals surface area contributed by atoms with Crippen LogP contribution in [0.5, 0.6) is 5.75 Å². The number of aromatic nitrogens is 2. The number of nitrogens with one attached hydrogen (secondary N) is 1. The molecular formula is C24H25ClN6O2. The van der Waals surface area contributed by atoms with E-state index in [-0.39, 0.29) is 5.56 Å². The zero-order valence-corrected chi connectivity index (χ0v) is 19.3. The average Bonchev–Trinajstić information content (AvgIpc) is 2.84. The molecule has 0 saturated carbocycles. The Labute approximate surface area is 197 Å². The van der Waals surface area contributed by atoms with Gasteiger partial charge >= 0.3 is 0 Å². The number of hydrogen-bond acceptors (Lipinski definition) is 7. The fourth-order valence-corrected chi connectivity index (χ4v) is 4.35. The minimum Gasteiger partial charge on any atom is -0.497 e. The summed E-state index contributed by atoms with van der Waals surface area (Å²) in [5.41, 5.74) is 2.57. The van der Waals surface area contributed by atoms with Gasteiger partial charge in [0.2, 0.25) is 11.9 Å². The summed E-state index contributed by atoms with van der Waals surface area (Å²) in [6.45, 7) is 5.11. The van der Waals surface area contributed by atoms with Crippen LogP contribution in [0.2, 0.25) is 5.02 Å². The summed E-state index contributed by atoms with van der Waals surface area (Å²) in [6, 6.07) is 17.1. The second-order valence-electron chi connectivity index (χ2n) is 8.10. The lowest BCUT2D eigenvalue weighted by atomic mass is 10.1. The van der Waals surface area contributed by atoms with Crippen molar-refractivity contribution in [3.05, 3.63) is 81.2 Å². The summed E-state index contributed by atoms with van der Waals surface area (Å²) in [4.78, 5) is 26.9. The highest BCUT2D eigenvalue weighted by atomic mass is 35.5. The summed E-state index contributed by atoms with van der Waals surface area (Å²) in [5.74, 6) is 2.08. The Kier molecular flexibility index (Phi) is 5.68. The van der Waals surface area contributed by atoms with Gasteiger partial charge in [0.25, 0.3) is 5.56 Å². The molecule has 3 aromatic rings. The van der Waals surface area contributed by atoms with Crippen molar-refractivity contribution in [2.45, 2.75) is 13.1 Å². The third-order valence-corrected chi connectivity index (χ3v) is 6.23. The summed E-state index contributed by atoms with van der Waals surface area (Å²) < 4.78 is 6.85. The molecule has 0 spiro atoms. The highest BCUT2D eigenvalue weighted by Crippen LogP contribution is 2.28. The van der Waals surface area contributed by atoms with Crippen molar-refractivity contribution in [3.8, 4) is 5.75 Å². The summed E-state index contributed by atoms with van der Waals surface area (Å²) >= 11 is 6.09. The van der Waals surface area contributed by atoms with E-state index in [0.717, 1.165) is 43.5 Å². The van der Waals surface area contributed by atoms with Gasteiger partial charge in [0.05, 0.1) is 7.11 Å². The number of piperazine rings is 1. The third kappa shape index (κ3) is 4.26. The van der Waals surface area contributed by atoms with E-state index in [2.05, 4.69) is 32.2 Å². The molecule has 1 fully saturated rings. The Morgan fingerprint density at radius 3 is 2.33 bits per heavy atom. The second kappa shape index (κ2) is 8.78. The topological polar surface area (TPSA) is 75.0 Å². The monoisotopic (exact) mass is 464 g/mol. The first kappa shape index (κ1) is 21.3. The maximum atomic E-state index is 12.8. The molecular weight excluding hydrogens is 440 g/mol. The Balaban J connectivity index is 1.41. The number of aryl methyl sites for hydroxylation is 1. The molecule has 3 heterocycles. The first-order valence-corrected chi connectivity index (χ1v) is 11.2. The molecule has 33 heavy (non-hydrogen) atoms. The summed E-state index contributed by atoms with van der Waals surface area (Å²) in [7, 11) is 1.67. The van der Waals surface area contributed by atoms with Crippen LogP contribution in [0.3, 0.4) is 0 Å². The number of benzene rings is 2. The molecule has 0 radical (unpaired) electrons. The number of halogens is 1. The highest BCUT2D eigenvalue weighted by Gasteiger charge is 2.29. The van der Waals surface area contributed by atoms with E-state index in [1.165, 1.54) is 11.8 Å². The van der Waals surface area contributed by atoms with E-state index in [4.69, 9.17) is 21.3 Å². The van der Waals surface area contributed by atoms with Gasteiger partial charge in [-0.1, -0.05) is 23.7 Å². The first-order valence-electron chi connectivity index (χ1n) is 10.9. The van der Waals surface area contributed by atoms with Gasteiger partial charge in [-0.05, 0) is 48.9 Å². The lowest BCUT2D eigenvalue weighted by Gasteiger charge is -2.39. The second-order valence-corrected chi connectivity index (χ2v) is 8.54. The van der Waals surface area contributed by atoms with Gasteiger partial charge in [-0.15, -0.1) is 0 Å². The van der Waals surface area contributed by atoms with Crippen LogP contribution in [0.4, 0.5) is 11.6 Å². The van der Waals surface area contributed by atoms with Gasteiger partial charge in [-0.25, -0.2) is 9.98 Å². The van der Waals surface area contributed by atoms with Crippen molar-refractivity contribution in [3.63, 3.8) is 0 Å². The van der Waals surface area contributed by atoms with E-state index in [1.807, 2.05) is 43.3 Å². The molecule has 0 amide bonds. The van der Waals surface area contributed by atoms with E-state index in [0.29, 0.717) is 16.7 Å². The number of methoxy groups -OCH3 is 1. The zero-order valence-electron chi connectivity index (χ0n) is 18.5. The molecule has 0 aliphatic carbocycles.